The molecule has 0 aliphatic heterocycles. The summed E-state index contributed by atoms with van der Waals surface area (Å²) in [6.07, 6.45) is 3.48. The molecule has 0 radical (unpaired) electrons. The summed E-state index contributed by atoms with van der Waals surface area (Å²) in [7, 11) is 1.39. The minimum Gasteiger partial charge on any atom is -0.487 e. The summed E-state index contributed by atoms with van der Waals surface area (Å²) in [6.45, 7) is 0.482. The molecule has 0 spiro atoms. The van der Waals surface area contributed by atoms with Gasteiger partial charge in [-0.05, 0) is 28.3 Å². The lowest BCUT2D eigenvalue weighted by molar-refractivity contribution is -0.137. The van der Waals surface area contributed by atoms with Crippen LogP contribution in [0.3, 0.4) is 0 Å². The van der Waals surface area contributed by atoms with Gasteiger partial charge in [0.15, 0.2) is 0 Å². The highest BCUT2D eigenvalue weighted by atomic mass is 32.2. The van der Waals surface area contributed by atoms with E-state index < -0.39 is 0 Å². The minimum atomic E-state index is -0.223. The molecule has 5 heteroatoms. The molecule has 0 unspecified atom stereocenters. The fraction of sp³-hybridized carbons (Fsp3) is 0.182. The molecule has 1 aromatic heterocycles. The van der Waals surface area contributed by atoms with E-state index in [4.69, 9.17) is 4.74 Å². The van der Waals surface area contributed by atoms with Gasteiger partial charge in [-0.1, -0.05) is 54.6 Å². The quantitative estimate of drug-likeness (QED) is 0.529. The third kappa shape index (κ3) is 5.86. The Morgan fingerprint density at radius 3 is 2.44 bits per heavy atom. The van der Waals surface area contributed by atoms with Crippen molar-refractivity contribution in [3.05, 3.63) is 84.2 Å². The Labute approximate surface area is 163 Å². The maximum atomic E-state index is 11.2. The Balaban J connectivity index is 1.54. The molecule has 1 heterocycles. The van der Waals surface area contributed by atoms with E-state index in [2.05, 4.69) is 46.1 Å². The van der Waals surface area contributed by atoms with E-state index in [1.54, 1.807) is 12.4 Å². The number of carbonyl (C=O) groups excluding carboxylic acids is 1. The standard InChI is InChI=1S/C22H21NO3S/c1-25-22(24)16-27-15-18-11-21(13-23-12-18)26-14-17-7-9-20(10-8-17)19-5-3-2-4-6-19/h2-13H,14-16H2,1H3. The Hall–Kier alpha value is -2.79. The Bertz CT molecular complexity index is 866. The highest BCUT2D eigenvalue weighted by molar-refractivity contribution is 7.99. The topological polar surface area (TPSA) is 48.4 Å². The average Bonchev–Trinajstić information content (AvgIpc) is 2.73. The highest BCUT2D eigenvalue weighted by Crippen LogP contribution is 2.21. The monoisotopic (exact) mass is 379 g/mol. The van der Waals surface area contributed by atoms with Gasteiger partial charge in [0.1, 0.15) is 12.4 Å². The molecule has 27 heavy (non-hydrogen) atoms. The maximum absolute atomic E-state index is 11.2. The lowest BCUT2D eigenvalue weighted by Gasteiger charge is -2.09. The lowest BCUT2D eigenvalue weighted by Crippen LogP contribution is -2.03. The Morgan fingerprint density at radius 2 is 1.70 bits per heavy atom. The number of nitrogens with zero attached hydrogens (tertiary/aromatic N) is 1. The van der Waals surface area contributed by atoms with Crippen LogP contribution in [0.15, 0.2) is 73.1 Å². The van der Waals surface area contributed by atoms with E-state index in [0.29, 0.717) is 18.1 Å². The first-order valence-corrected chi connectivity index (χ1v) is 9.76. The first kappa shape index (κ1) is 19.0. The van der Waals surface area contributed by atoms with Crippen molar-refractivity contribution in [3.8, 4) is 16.9 Å². The molecular weight excluding hydrogens is 358 g/mol. The van der Waals surface area contributed by atoms with Crippen molar-refractivity contribution in [3.63, 3.8) is 0 Å². The molecule has 0 atom stereocenters. The first-order valence-electron chi connectivity index (χ1n) is 8.60. The molecule has 0 saturated heterocycles. The maximum Gasteiger partial charge on any atom is 0.315 e. The third-order valence-corrected chi connectivity index (χ3v) is 4.93. The zero-order chi connectivity index (χ0) is 18.9. The number of hydrogen-bond donors (Lipinski definition) is 0. The summed E-state index contributed by atoms with van der Waals surface area (Å²) in [5.41, 5.74) is 4.50. The van der Waals surface area contributed by atoms with Gasteiger partial charge in [-0.3, -0.25) is 9.78 Å². The number of pyridine rings is 1. The van der Waals surface area contributed by atoms with Crippen molar-refractivity contribution in [1.82, 2.24) is 4.98 Å². The van der Waals surface area contributed by atoms with Gasteiger partial charge in [-0.2, -0.15) is 0 Å². The van der Waals surface area contributed by atoms with Gasteiger partial charge >= 0.3 is 5.97 Å². The van der Waals surface area contributed by atoms with Gasteiger partial charge < -0.3 is 9.47 Å². The molecular formula is C22H21NO3S. The van der Waals surface area contributed by atoms with Crippen molar-refractivity contribution in [2.45, 2.75) is 12.4 Å². The Morgan fingerprint density at radius 1 is 0.963 bits per heavy atom. The highest BCUT2D eigenvalue weighted by Gasteiger charge is 2.04. The van der Waals surface area contributed by atoms with E-state index >= 15 is 0 Å². The van der Waals surface area contributed by atoms with Gasteiger partial charge in [-0.25, -0.2) is 0 Å². The Kier molecular flexibility index (Phi) is 6.88. The fourth-order valence-electron chi connectivity index (χ4n) is 2.52. The number of rotatable bonds is 8. The molecule has 0 amide bonds. The number of ether oxygens (including phenoxy) is 2. The number of carbonyl (C=O) groups is 1. The molecule has 3 aromatic rings. The summed E-state index contributed by atoms with van der Waals surface area (Å²) in [4.78, 5) is 15.4. The van der Waals surface area contributed by atoms with Gasteiger partial charge in [0.2, 0.25) is 0 Å². The van der Waals surface area contributed by atoms with E-state index in [-0.39, 0.29) is 5.97 Å². The second-order valence-electron chi connectivity index (χ2n) is 5.95. The van der Waals surface area contributed by atoms with Crippen LogP contribution in [0.1, 0.15) is 11.1 Å². The van der Waals surface area contributed by atoms with Crippen LogP contribution in [0, 0.1) is 0 Å². The SMILES string of the molecule is COC(=O)CSCc1cncc(OCc2ccc(-c3ccccc3)cc2)c1. The fourth-order valence-corrected chi connectivity index (χ4v) is 3.30. The zero-order valence-electron chi connectivity index (χ0n) is 15.1. The van der Waals surface area contributed by atoms with Crippen LogP contribution < -0.4 is 4.74 Å². The molecule has 0 N–H and O–H groups in total. The normalized spacial score (nSPS) is 10.4. The number of aromatic nitrogens is 1. The van der Waals surface area contributed by atoms with Gasteiger partial charge in [0, 0.05) is 11.9 Å². The van der Waals surface area contributed by atoms with E-state index in [9.17, 15) is 4.79 Å². The van der Waals surface area contributed by atoms with Gasteiger partial charge in [-0.15, -0.1) is 11.8 Å². The molecule has 0 aliphatic rings. The molecule has 2 aromatic carbocycles. The van der Waals surface area contributed by atoms with Crippen molar-refractivity contribution in [1.29, 1.82) is 0 Å². The predicted molar refractivity (Wildman–Crippen MR) is 109 cm³/mol. The van der Waals surface area contributed by atoms with Crippen molar-refractivity contribution in [2.24, 2.45) is 0 Å². The van der Waals surface area contributed by atoms with E-state index in [1.165, 1.54) is 30.0 Å². The number of esters is 1. The number of methoxy groups -OCH3 is 1. The second kappa shape index (κ2) is 9.78. The molecule has 0 bridgehead atoms. The number of benzene rings is 2. The molecule has 4 nitrogen and oxygen atoms in total. The van der Waals surface area contributed by atoms with Crippen molar-refractivity contribution >= 4 is 17.7 Å². The number of hydrogen-bond acceptors (Lipinski definition) is 5. The van der Waals surface area contributed by atoms with Gasteiger partial charge in [0.05, 0.1) is 19.1 Å². The number of thioether (sulfide) groups is 1. The molecule has 0 fully saturated rings. The van der Waals surface area contributed by atoms with Gasteiger partial charge in [0.25, 0.3) is 0 Å². The molecule has 0 aliphatic carbocycles. The minimum absolute atomic E-state index is 0.223. The molecule has 3 rings (SSSR count). The van der Waals surface area contributed by atoms with Crippen LogP contribution in [-0.2, 0) is 21.9 Å². The average molecular weight is 379 g/mol. The van der Waals surface area contributed by atoms with Crippen LogP contribution in [0.2, 0.25) is 0 Å². The van der Waals surface area contributed by atoms with E-state index in [0.717, 1.165) is 16.9 Å². The predicted octanol–water partition coefficient (Wildman–Crippen LogP) is 4.73. The summed E-state index contributed by atoms with van der Waals surface area (Å²) >= 11 is 1.49. The molecule has 0 saturated carbocycles. The van der Waals surface area contributed by atoms with E-state index in [1.807, 2.05) is 24.3 Å². The third-order valence-electron chi connectivity index (χ3n) is 3.95. The van der Waals surface area contributed by atoms with Crippen molar-refractivity contribution < 1.29 is 14.3 Å². The summed E-state index contributed by atoms with van der Waals surface area (Å²) in [5.74, 6) is 1.51. The summed E-state index contributed by atoms with van der Waals surface area (Å²) in [5, 5.41) is 0. The van der Waals surface area contributed by atoms with Crippen LogP contribution in [0.25, 0.3) is 11.1 Å². The summed E-state index contributed by atoms with van der Waals surface area (Å²) in [6, 6.07) is 20.6. The van der Waals surface area contributed by atoms with Crippen LogP contribution >= 0.6 is 11.8 Å². The van der Waals surface area contributed by atoms with Crippen molar-refractivity contribution in [2.75, 3.05) is 12.9 Å². The summed E-state index contributed by atoms with van der Waals surface area (Å²) < 4.78 is 10.5. The molecule has 138 valence electrons. The van der Waals surface area contributed by atoms with Crippen LogP contribution in [-0.4, -0.2) is 23.8 Å². The first-order chi connectivity index (χ1) is 13.2. The second-order valence-corrected chi connectivity index (χ2v) is 6.94. The smallest absolute Gasteiger partial charge is 0.315 e. The lowest BCUT2D eigenvalue weighted by atomic mass is 10.0. The van der Waals surface area contributed by atoms with Crippen LogP contribution in [0.5, 0.6) is 5.75 Å². The van der Waals surface area contributed by atoms with Crippen LogP contribution in [0.4, 0.5) is 0 Å². The largest absolute Gasteiger partial charge is 0.487 e. The zero-order valence-corrected chi connectivity index (χ0v) is 15.9.